The fourth-order valence-electron chi connectivity index (χ4n) is 3.16. The summed E-state index contributed by atoms with van der Waals surface area (Å²) in [6, 6.07) is 17.1. The number of oxazole rings is 1. The molecule has 2 aromatic carbocycles. The monoisotopic (exact) mass is 401 g/mol. The number of rotatable bonds is 7. The molecule has 0 spiro atoms. The molecule has 30 heavy (non-hydrogen) atoms. The number of fused-ring (bicyclic) bond motifs is 1. The number of nitrogens with zero attached hydrogens (tertiary/aromatic N) is 2. The fraction of sp³-hybridized carbons (Fsp3) is 0.250. The summed E-state index contributed by atoms with van der Waals surface area (Å²) in [6.07, 6.45) is 4.22. The third kappa shape index (κ3) is 4.14. The van der Waals surface area contributed by atoms with E-state index in [-0.39, 0.29) is 6.04 Å². The summed E-state index contributed by atoms with van der Waals surface area (Å²) in [7, 11) is 0. The topological polar surface area (TPSA) is 83.4 Å². The number of nitrogens with two attached hydrogens (primary N) is 1. The average Bonchev–Trinajstić information content (AvgIpc) is 3.49. The molecule has 4 aromatic rings. The maximum absolute atomic E-state index is 5.95. The molecular weight excluding hydrogens is 378 g/mol. The smallest absolute Gasteiger partial charge is 0.228 e. The third-order valence-corrected chi connectivity index (χ3v) is 5.13. The third-order valence-electron chi connectivity index (χ3n) is 5.13. The van der Waals surface area contributed by atoms with Crippen molar-refractivity contribution < 1.29 is 13.9 Å². The first-order valence-corrected chi connectivity index (χ1v) is 10.2. The molecule has 1 atom stereocenters. The molecule has 6 heteroatoms. The van der Waals surface area contributed by atoms with E-state index < -0.39 is 0 Å². The van der Waals surface area contributed by atoms with Gasteiger partial charge in [0.2, 0.25) is 11.8 Å². The molecule has 1 fully saturated rings. The fourth-order valence-corrected chi connectivity index (χ4v) is 3.16. The van der Waals surface area contributed by atoms with Crippen molar-refractivity contribution in [3.8, 4) is 28.8 Å². The van der Waals surface area contributed by atoms with Crippen LogP contribution in [-0.2, 0) is 0 Å². The second-order valence-electron chi connectivity index (χ2n) is 7.75. The SMILES string of the molecule is CC(N)c1ccc2nc(-c3ccc(Oc4cccc(OCC5CC5)c4)nc3)oc2c1. The van der Waals surface area contributed by atoms with Gasteiger partial charge in [-0.2, -0.15) is 0 Å². The summed E-state index contributed by atoms with van der Waals surface area (Å²) in [5.41, 5.74) is 9.24. The second-order valence-corrected chi connectivity index (χ2v) is 7.75. The Hall–Kier alpha value is -3.38. The molecule has 2 N–H and O–H groups in total. The van der Waals surface area contributed by atoms with E-state index >= 15 is 0 Å². The van der Waals surface area contributed by atoms with Crippen LogP contribution in [0.4, 0.5) is 0 Å². The van der Waals surface area contributed by atoms with E-state index in [9.17, 15) is 0 Å². The predicted molar refractivity (Wildman–Crippen MR) is 115 cm³/mol. The molecule has 0 saturated heterocycles. The van der Waals surface area contributed by atoms with Gasteiger partial charge < -0.3 is 19.6 Å². The summed E-state index contributed by atoms with van der Waals surface area (Å²) in [6.45, 7) is 2.71. The van der Waals surface area contributed by atoms with Crippen molar-refractivity contribution in [1.29, 1.82) is 0 Å². The Morgan fingerprint density at radius 1 is 1.10 bits per heavy atom. The quantitative estimate of drug-likeness (QED) is 0.441. The van der Waals surface area contributed by atoms with Crippen LogP contribution in [0.1, 0.15) is 31.4 Å². The van der Waals surface area contributed by atoms with Crippen LogP contribution in [0.15, 0.2) is 65.2 Å². The highest BCUT2D eigenvalue weighted by molar-refractivity contribution is 5.77. The van der Waals surface area contributed by atoms with Crippen molar-refractivity contribution in [2.45, 2.75) is 25.8 Å². The van der Waals surface area contributed by atoms with Crippen LogP contribution >= 0.6 is 0 Å². The first-order chi connectivity index (χ1) is 14.6. The minimum atomic E-state index is -0.0568. The molecule has 1 unspecified atom stereocenters. The predicted octanol–water partition coefficient (Wildman–Crippen LogP) is 5.49. The van der Waals surface area contributed by atoms with Crippen molar-refractivity contribution >= 4 is 11.1 Å². The molecule has 0 amide bonds. The lowest BCUT2D eigenvalue weighted by atomic mass is 10.1. The Morgan fingerprint density at radius 2 is 1.97 bits per heavy atom. The van der Waals surface area contributed by atoms with Crippen LogP contribution in [0.25, 0.3) is 22.6 Å². The molecule has 152 valence electrons. The van der Waals surface area contributed by atoms with Gasteiger partial charge in [0, 0.05) is 24.4 Å². The lowest BCUT2D eigenvalue weighted by Crippen LogP contribution is -2.04. The van der Waals surface area contributed by atoms with Gasteiger partial charge in [0.15, 0.2) is 5.58 Å². The molecule has 0 aliphatic heterocycles. The summed E-state index contributed by atoms with van der Waals surface area (Å²) >= 11 is 0. The van der Waals surface area contributed by atoms with Gasteiger partial charge in [-0.3, -0.25) is 0 Å². The molecule has 2 heterocycles. The number of aromatic nitrogens is 2. The van der Waals surface area contributed by atoms with E-state index in [2.05, 4.69) is 9.97 Å². The van der Waals surface area contributed by atoms with Crippen LogP contribution in [-0.4, -0.2) is 16.6 Å². The number of pyridine rings is 1. The van der Waals surface area contributed by atoms with Gasteiger partial charge in [0.25, 0.3) is 0 Å². The van der Waals surface area contributed by atoms with E-state index in [0.717, 1.165) is 29.0 Å². The number of hydrogen-bond donors (Lipinski definition) is 1. The normalized spacial score (nSPS) is 14.6. The van der Waals surface area contributed by atoms with Crippen LogP contribution in [0.5, 0.6) is 17.4 Å². The molecule has 0 radical (unpaired) electrons. The molecule has 6 nitrogen and oxygen atoms in total. The Balaban J connectivity index is 1.30. The molecule has 1 aliphatic rings. The van der Waals surface area contributed by atoms with Crippen molar-refractivity contribution in [3.05, 3.63) is 66.4 Å². The Labute approximate surface area is 174 Å². The Morgan fingerprint density at radius 3 is 2.73 bits per heavy atom. The zero-order valence-electron chi connectivity index (χ0n) is 16.7. The highest BCUT2D eigenvalue weighted by Crippen LogP contribution is 2.31. The van der Waals surface area contributed by atoms with Gasteiger partial charge in [0.05, 0.1) is 12.2 Å². The zero-order chi connectivity index (χ0) is 20.5. The summed E-state index contributed by atoms with van der Waals surface area (Å²) in [4.78, 5) is 8.94. The van der Waals surface area contributed by atoms with Gasteiger partial charge in [-0.05, 0) is 61.6 Å². The second kappa shape index (κ2) is 7.80. The van der Waals surface area contributed by atoms with Crippen LogP contribution in [0.3, 0.4) is 0 Å². The van der Waals surface area contributed by atoms with Gasteiger partial charge >= 0.3 is 0 Å². The average molecular weight is 401 g/mol. The first-order valence-electron chi connectivity index (χ1n) is 10.2. The molecular formula is C24H23N3O3. The Kier molecular flexibility index (Phi) is 4.85. The van der Waals surface area contributed by atoms with E-state index in [4.69, 9.17) is 19.6 Å². The van der Waals surface area contributed by atoms with Crippen LogP contribution in [0.2, 0.25) is 0 Å². The minimum Gasteiger partial charge on any atom is -0.493 e. The van der Waals surface area contributed by atoms with Gasteiger partial charge in [0.1, 0.15) is 17.0 Å². The highest BCUT2D eigenvalue weighted by Gasteiger charge is 2.21. The first kappa shape index (κ1) is 18.6. The summed E-state index contributed by atoms with van der Waals surface area (Å²) < 4.78 is 17.6. The van der Waals surface area contributed by atoms with E-state index in [1.165, 1.54) is 12.8 Å². The van der Waals surface area contributed by atoms with Crippen LogP contribution in [0, 0.1) is 5.92 Å². The van der Waals surface area contributed by atoms with Crippen molar-refractivity contribution in [1.82, 2.24) is 9.97 Å². The lowest BCUT2D eigenvalue weighted by Gasteiger charge is -2.08. The van der Waals surface area contributed by atoms with E-state index in [0.29, 0.717) is 29.0 Å². The maximum atomic E-state index is 5.95. The number of hydrogen-bond acceptors (Lipinski definition) is 6. The summed E-state index contributed by atoms with van der Waals surface area (Å²) in [5.74, 6) is 3.22. The lowest BCUT2D eigenvalue weighted by molar-refractivity contribution is 0.298. The van der Waals surface area contributed by atoms with Crippen molar-refractivity contribution in [2.24, 2.45) is 11.7 Å². The standard InChI is InChI=1S/C24H23N3O3/c1-15(25)17-7-9-21-22(11-17)30-24(27-21)18-8-10-23(26-13-18)29-20-4-2-3-19(12-20)28-14-16-5-6-16/h2-4,7-13,15-16H,5-6,14,25H2,1H3. The van der Waals surface area contributed by atoms with Crippen molar-refractivity contribution in [3.63, 3.8) is 0 Å². The zero-order valence-corrected chi connectivity index (χ0v) is 16.7. The van der Waals surface area contributed by atoms with Gasteiger partial charge in [-0.15, -0.1) is 0 Å². The molecule has 1 saturated carbocycles. The Bertz CT molecular complexity index is 1160. The summed E-state index contributed by atoms with van der Waals surface area (Å²) in [5, 5.41) is 0. The number of benzene rings is 2. The van der Waals surface area contributed by atoms with E-state index in [1.54, 1.807) is 12.3 Å². The van der Waals surface area contributed by atoms with E-state index in [1.807, 2.05) is 55.5 Å². The molecule has 1 aliphatic carbocycles. The maximum Gasteiger partial charge on any atom is 0.228 e. The van der Waals surface area contributed by atoms with Gasteiger partial charge in [-0.1, -0.05) is 12.1 Å². The van der Waals surface area contributed by atoms with Gasteiger partial charge in [-0.25, -0.2) is 9.97 Å². The van der Waals surface area contributed by atoms with Crippen molar-refractivity contribution in [2.75, 3.05) is 6.61 Å². The molecule has 5 rings (SSSR count). The molecule has 2 aromatic heterocycles. The number of ether oxygens (including phenoxy) is 2. The highest BCUT2D eigenvalue weighted by atomic mass is 16.5. The largest absolute Gasteiger partial charge is 0.493 e. The van der Waals surface area contributed by atoms with Crippen LogP contribution < -0.4 is 15.2 Å². The minimum absolute atomic E-state index is 0.0568. The molecule has 0 bridgehead atoms.